The summed E-state index contributed by atoms with van der Waals surface area (Å²) in [4.78, 5) is 62.4. The third-order valence-electron chi connectivity index (χ3n) is 5.45. The number of piperidine rings is 1. The molecule has 0 saturated carbocycles. The summed E-state index contributed by atoms with van der Waals surface area (Å²) in [6.07, 6.45) is 1.04. The molecule has 2 heterocycles. The molecule has 1 aromatic carbocycles. The number of benzene rings is 1. The van der Waals surface area contributed by atoms with Crippen LogP contribution >= 0.6 is 0 Å². The smallest absolute Gasteiger partial charge is 0.266 e. The van der Waals surface area contributed by atoms with Crippen LogP contribution < -0.4 is 15.4 Å². The van der Waals surface area contributed by atoms with Gasteiger partial charge < -0.3 is 24.3 Å². The van der Waals surface area contributed by atoms with Gasteiger partial charge in [-0.05, 0) is 25.0 Å². The second-order valence-corrected chi connectivity index (χ2v) is 8.10. The topological polar surface area (TPSA) is 150 Å². The maximum atomic E-state index is 13.0. The highest BCUT2D eigenvalue weighted by Gasteiger charge is 2.46. The van der Waals surface area contributed by atoms with Gasteiger partial charge in [-0.2, -0.15) is 0 Å². The number of nitrogens with zero attached hydrogens (tertiary/aromatic N) is 1. The summed E-state index contributed by atoms with van der Waals surface area (Å²) in [5.41, 5.74) is 0.0681. The zero-order valence-corrected chi connectivity index (χ0v) is 20.2. The highest BCUT2D eigenvalue weighted by molar-refractivity contribution is 6.24. The summed E-state index contributed by atoms with van der Waals surface area (Å²) in [6.45, 7) is 4.77. The fourth-order valence-electron chi connectivity index (χ4n) is 3.75. The predicted octanol–water partition coefficient (Wildman–Crippen LogP) is 0.0426. The monoisotopic (exact) mass is 505 g/mol. The Kier molecular flexibility index (Phi) is 10.3. The Morgan fingerprint density at radius 2 is 1.69 bits per heavy atom. The minimum absolute atomic E-state index is 0.0107. The van der Waals surface area contributed by atoms with E-state index in [0.717, 1.165) is 11.3 Å². The number of carbonyl (C=O) groups excluding carboxylic acids is 5. The SMILES string of the molecule is CCCOCCOCCOCCNC(=O)COc1cccc2c1C(=O)N(C1CCC(=O)NC1=O)C2=O. The highest BCUT2D eigenvalue weighted by Crippen LogP contribution is 2.33. The molecule has 2 aliphatic heterocycles. The molecule has 1 aromatic rings. The summed E-state index contributed by atoms with van der Waals surface area (Å²) in [5, 5.41) is 4.79. The number of hydrogen-bond donors (Lipinski definition) is 2. The van der Waals surface area contributed by atoms with Gasteiger partial charge in [0, 0.05) is 19.6 Å². The van der Waals surface area contributed by atoms with E-state index in [4.69, 9.17) is 18.9 Å². The third kappa shape index (κ3) is 7.09. The van der Waals surface area contributed by atoms with Gasteiger partial charge in [-0.1, -0.05) is 13.0 Å². The molecule has 1 saturated heterocycles. The van der Waals surface area contributed by atoms with Crippen molar-refractivity contribution in [3.8, 4) is 5.75 Å². The Labute approximate surface area is 208 Å². The third-order valence-corrected chi connectivity index (χ3v) is 5.45. The van der Waals surface area contributed by atoms with Crippen LogP contribution in [0.15, 0.2) is 18.2 Å². The molecule has 0 spiro atoms. The van der Waals surface area contributed by atoms with Crippen LogP contribution in [0.2, 0.25) is 0 Å². The van der Waals surface area contributed by atoms with Crippen LogP contribution in [0.5, 0.6) is 5.75 Å². The molecule has 5 amide bonds. The number of fused-ring (bicyclic) bond motifs is 1. The second-order valence-electron chi connectivity index (χ2n) is 8.10. The maximum Gasteiger partial charge on any atom is 0.266 e. The fourth-order valence-corrected chi connectivity index (χ4v) is 3.75. The second kappa shape index (κ2) is 13.7. The van der Waals surface area contributed by atoms with Gasteiger partial charge in [-0.15, -0.1) is 0 Å². The van der Waals surface area contributed by atoms with Gasteiger partial charge >= 0.3 is 0 Å². The van der Waals surface area contributed by atoms with Crippen LogP contribution in [-0.4, -0.2) is 93.3 Å². The van der Waals surface area contributed by atoms with Crippen LogP contribution in [-0.2, 0) is 28.6 Å². The van der Waals surface area contributed by atoms with Crippen molar-refractivity contribution >= 4 is 29.5 Å². The first-order valence-corrected chi connectivity index (χ1v) is 11.9. The quantitative estimate of drug-likeness (QED) is 0.249. The molecule has 12 nitrogen and oxygen atoms in total. The van der Waals surface area contributed by atoms with Crippen molar-refractivity contribution in [2.75, 3.05) is 52.8 Å². The van der Waals surface area contributed by atoms with Gasteiger partial charge in [-0.25, -0.2) is 0 Å². The van der Waals surface area contributed by atoms with Gasteiger partial charge in [0.15, 0.2) is 6.61 Å². The first-order chi connectivity index (χ1) is 17.4. The minimum Gasteiger partial charge on any atom is -0.483 e. The van der Waals surface area contributed by atoms with Crippen LogP contribution in [0.3, 0.4) is 0 Å². The van der Waals surface area contributed by atoms with Crippen molar-refractivity contribution < 1.29 is 42.9 Å². The highest BCUT2D eigenvalue weighted by atomic mass is 16.5. The number of imide groups is 2. The Bertz CT molecular complexity index is 982. The number of carbonyl (C=O) groups is 5. The number of amides is 5. The molecule has 1 atom stereocenters. The van der Waals surface area contributed by atoms with Crippen molar-refractivity contribution in [3.05, 3.63) is 29.3 Å². The zero-order chi connectivity index (χ0) is 25.9. The van der Waals surface area contributed by atoms with Crippen molar-refractivity contribution in [1.82, 2.24) is 15.5 Å². The molecule has 0 bridgehead atoms. The Balaban J connectivity index is 1.40. The summed E-state index contributed by atoms with van der Waals surface area (Å²) >= 11 is 0. The van der Waals surface area contributed by atoms with Crippen molar-refractivity contribution in [3.63, 3.8) is 0 Å². The number of nitrogens with one attached hydrogen (secondary N) is 2. The van der Waals surface area contributed by atoms with Crippen LogP contribution in [0.1, 0.15) is 46.9 Å². The lowest BCUT2D eigenvalue weighted by atomic mass is 10.0. The number of hydrogen-bond acceptors (Lipinski definition) is 9. The maximum absolute atomic E-state index is 13.0. The molecule has 0 radical (unpaired) electrons. The van der Waals surface area contributed by atoms with E-state index in [9.17, 15) is 24.0 Å². The molecule has 0 aromatic heterocycles. The number of ether oxygens (including phenoxy) is 4. The standard InChI is InChI=1S/C24H31N3O9/c1-2-9-33-11-13-35-14-12-34-10-8-25-20(29)15-36-18-5-3-4-16-21(18)24(32)27(23(16)31)17-6-7-19(28)26-22(17)30/h3-5,17H,2,6-15H2,1H3,(H,25,29)(H,26,28,30). The molecular formula is C24H31N3O9. The van der Waals surface area contributed by atoms with E-state index in [0.29, 0.717) is 33.0 Å². The molecule has 1 fully saturated rings. The van der Waals surface area contributed by atoms with E-state index in [1.165, 1.54) is 18.2 Å². The van der Waals surface area contributed by atoms with E-state index >= 15 is 0 Å². The molecule has 2 aliphatic rings. The molecule has 12 heteroatoms. The molecule has 2 N–H and O–H groups in total. The summed E-state index contributed by atoms with van der Waals surface area (Å²) < 4.78 is 21.6. The fraction of sp³-hybridized carbons (Fsp3) is 0.542. The Hall–Kier alpha value is -3.35. The van der Waals surface area contributed by atoms with E-state index < -0.39 is 35.6 Å². The summed E-state index contributed by atoms with van der Waals surface area (Å²) in [6, 6.07) is 3.37. The van der Waals surface area contributed by atoms with E-state index in [1.807, 2.05) is 6.92 Å². The first-order valence-electron chi connectivity index (χ1n) is 11.9. The molecule has 196 valence electrons. The van der Waals surface area contributed by atoms with E-state index in [1.54, 1.807) is 0 Å². The summed E-state index contributed by atoms with van der Waals surface area (Å²) in [5.74, 6) is -2.86. The lowest BCUT2D eigenvalue weighted by Crippen LogP contribution is -2.54. The van der Waals surface area contributed by atoms with Gasteiger partial charge in [0.25, 0.3) is 17.7 Å². The van der Waals surface area contributed by atoms with Gasteiger partial charge in [0.05, 0.1) is 44.2 Å². The van der Waals surface area contributed by atoms with Crippen molar-refractivity contribution in [2.45, 2.75) is 32.2 Å². The lowest BCUT2D eigenvalue weighted by Gasteiger charge is -2.27. The van der Waals surface area contributed by atoms with E-state index in [-0.39, 0.29) is 49.5 Å². The molecular weight excluding hydrogens is 474 g/mol. The Morgan fingerprint density at radius 3 is 2.39 bits per heavy atom. The lowest BCUT2D eigenvalue weighted by molar-refractivity contribution is -0.136. The summed E-state index contributed by atoms with van der Waals surface area (Å²) in [7, 11) is 0. The van der Waals surface area contributed by atoms with Crippen molar-refractivity contribution in [2.24, 2.45) is 0 Å². The van der Waals surface area contributed by atoms with Gasteiger partial charge in [0.2, 0.25) is 11.8 Å². The molecule has 0 aliphatic carbocycles. The normalized spacial score (nSPS) is 17.2. The largest absolute Gasteiger partial charge is 0.483 e. The average Bonchev–Trinajstić information content (AvgIpc) is 3.11. The van der Waals surface area contributed by atoms with Crippen LogP contribution in [0.25, 0.3) is 0 Å². The van der Waals surface area contributed by atoms with Crippen LogP contribution in [0.4, 0.5) is 0 Å². The molecule has 36 heavy (non-hydrogen) atoms. The predicted molar refractivity (Wildman–Crippen MR) is 124 cm³/mol. The first kappa shape index (κ1) is 27.2. The van der Waals surface area contributed by atoms with E-state index in [2.05, 4.69) is 10.6 Å². The Morgan fingerprint density at radius 1 is 1.00 bits per heavy atom. The number of rotatable bonds is 15. The van der Waals surface area contributed by atoms with Crippen molar-refractivity contribution in [1.29, 1.82) is 0 Å². The molecule has 1 unspecified atom stereocenters. The minimum atomic E-state index is -1.08. The van der Waals surface area contributed by atoms with Gasteiger partial charge in [-0.3, -0.25) is 34.2 Å². The van der Waals surface area contributed by atoms with Crippen LogP contribution in [0, 0.1) is 0 Å². The molecule has 3 rings (SSSR count). The average molecular weight is 506 g/mol. The van der Waals surface area contributed by atoms with Gasteiger partial charge in [0.1, 0.15) is 11.8 Å². The zero-order valence-electron chi connectivity index (χ0n) is 20.2.